The molecule has 2 aliphatic heterocycles. The zero-order valence-corrected chi connectivity index (χ0v) is 18.1. The lowest BCUT2D eigenvalue weighted by Crippen LogP contribution is -2.53. The number of carbonyl (C=O) groups excluding carboxylic acids is 1. The molecule has 4 rings (SSSR count). The lowest BCUT2D eigenvalue weighted by molar-refractivity contribution is 0.230. The zero-order chi connectivity index (χ0) is 24.0. The highest BCUT2D eigenvalue weighted by molar-refractivity contribution is 6.17. The molecular weight excluding hydrogens is 433 g/mol. The number of benzene rings is 2. The van der Waals surface area contributed by atoms with Crippen molar-refractivity contribution in [2.45, 2.75) is 19.9 Å². The molecule has 7 nitrogen and oxygen atoms in total. The van der Waals surface area contributed by atoms with E-state index in [0.29, 0.717) is 11.1 Å². The average Bonchev–Trinajstić information content (AvgIpc) is 3.22. The molecule has 10 heteroatoms. The SMILES string of the molecule is C=C(C)c1cc(C2CN=C3N(C)C(=O)N=C(Nc4cc(C#N)cc(F)c4C)N32)cc(F)c1F. The molecule has 0 saturated carbocycles. The number of aliphatic imine (C=N–C) groups is 2. The average molecular weight is 452 g/mol. The second-order valence-electron chi connectivity index (χ2n) is 7.82. The fourth-order valence-corrected chi connectivity index (χ4v) is 3.73. The topological polar surface area (TPSA) is 84.1 Å². The summed E-state index contributed by atoms with van der Waals surface area (Å²) < 4.78 is 42.9. The third-order valence-electron chi connectivity index (χ3n) is 5.56. The van der Waals surface area contributed by atoms with Gasteiger partial charge in [-0.25, -0.2) is 23.0 Å². The van der Waals surface area contributed by atoms with Crippen molar-refractivity contribution in [3.63, 3.8) is 0 Å². The molecule has 1 unspecified atom stereocenters. The van der Waals surface area contributed by atoms with Gasteiger partial charge in [0.1, 0.15) is 5.82 Å². The van der Waals surface area contributed by atoms with Crippen LogP contribution < -0.4 is 5.32 Å². The van der Waals surface area contributed by atoms with Crippen LogP contribution in [0.3, 0.4) is 0 Å². The summed E-state index contributed by atoms with van der Waals surface area (Å²) in [5.41, 5.74) is 1.32. The quantitative estimate of drug-likeness (QED) is 0.740. The van der Waals surface area contributed by atoms with Gasteiger partial charge < -0.3 is 5.32 Å². The molecule has 0 spiro atoms. The van der Waals surface area contributed by atoms with Gasteiger partial charge in [0.15, 0.2) is 11.6 Å². The number of halogens is 3. The molecule has 2 heterocycles. The smallest absolute Gasteiger partial charge is 0.325 e. The minimum Gasteiger partial charge on any atom is -0.325 e. The third-order valence-corrected chi connectivity index (χ3v) is 5.56. The van der Waals surface area contributed by atoms with Crippen molar-refractivity contribution in [2.75, 3.05) is 18.9 Å². The highest BCUT2D eigenvalue weighted by atomic mass is 19.2. The number of hydrogen-bond donors (Lipinski definition) is 1. The highest BCUT2D eigenvalue weighted by Gasteiger charge is 2.41. The highest BCUT2D eigenvalue weighted by Crippen LogP contribution is 2.34. The van der Waals surface area contributed by atoms with E-state index in [2.05, 4.69) is 21.9 Å². The Morgan fingerprint density at radius 1 is 1.24 bits per heavy atom. The Morgan fingerprint density at radius 3 is 2.64 bits per heavy atom. The number of nitrogens with zero attached hydrogens (tertiary/aromatic N) is 5. The van der Waals surface area contributed by atoms with Crippen LogP contribution in [0.2, 0.25) is 0 Å². The van der Waals surface area contributed by atoms with Crippen molar-refractivity contribution in [2.24, 2.45) is 9.98 Å². The summed E-state index contributed by atoms with van der Waals surface area (Å²) in [6.07, 6.45) is 0. The summed E-state index contributed by atoms with van der Waals surface area (Å²) in [4.78, 5) is 23.7. The van der Waals surface area contributed by atoms with Crippen LogP contribution in [0.15, 0.2) is 40.8 Å². The molecule has 0 saturated heterocycles. The molecule has 33 heavy (non-hydrogen) atoms. The van der Waals surface area contributed by atoms with Gasteiger partial charge in [-0.2, -0.15) is 10.3 Å². The minimum absolute atomic E-state index is 0.0264. The number of rotatable bonds is 3. The standard InChI is InChI=1S/C23H19F3N6O/c1-11(2)15-7-14(8-17(25)20(15)26)19-10-28-22-31(4)23(33)30-21(32(19)22)29-18-6-13(9-27)5-16(24)12(18)3/h5-8,19H,1,10H2,2-4H3,(H,29,30,33). The number of fused-ring (bicyclic) bond motifs is 1. The van der Waals surface area contributed by atoms with Crippen molar-refractivity contribution < 1.29 is 18.0 Å². The van der Waals surface area contributed by atoms with Crippen molar-refractivity contribution in [1.82, 2.24) is 9.80 Å². The monoisotopic (exact) mass is 452 g/mol. The Labute approximate surface area is 188 Å². The predicted octanol–water partition coefficient (Wildman–Crippen LogP) is 4.56. The summed E-state index contributed by atoms with van der Waals surface area (Å²) in [5, 5.41) is 12.1. The van der Waals surface area contributed by atoms with E-state index in [9.17, 15) is 23.2 Å². The molecule has 0 bridgehead atoms. The molecule has 0 aromatic heterocycles. The van der Waals surface area contributed by atoms with E-state index in [-0.39, 0.29) is 40.8 Å². The fourth-order valence-electron chi connectivity index (χ4n) is 3.73. The third kappa shape index (κ3) is 3.71. The van der Waals surface area contributed by atoms with E-state index in [1.54, 1.807) is 11.8 Å². The summed E-state index contributed by atoms with van der Waals surface area (Å²) in [6, 6.07) is 5.73. The number of carbonyl (C=O) groups is 1. The van der Waals surface area contributed by atoms with E-state index in [1.165, 1.54) is 31.0 Å². The number of allylic oxidation sites excluding steroid dienone is 1. The van der Waals surface area contributed by atoms with Crippen LogP contribution in [0.25, 0.3) is 5.57 Å². The number of nitriles is 1. The van der Waals surface area contributed by atoms with Crippen LogP contribution >= 0.6 is 0 Å². The lowest BCUT2D eigenvalue weighted by Gasteiger charge is -2.35. The Morgan fingerprint density at radius 2 is 1.97 bits per heavy atom. The second kappa shape index (κ2) is 8.09. The Bertz CT molecular complexity index is 1310. The number of nitrogens with one attached hydrogen (secondary N) is 1. The van der Waals surface area contributed by atoms with Gasteiger partial charge >= 0.3 is 6.03 Å². The number of amides is 2. The van der Waals surface area contributed by atoms with Crippen LogP contribution in [0.4, 0.5) is 23.7 Å². The van der Waals surface area contributed by atoms with Crippen molar-refractivity contribution >= 4 is 29.2 Å². The van der Waals surface area contributed by atoms with Crippen LogP contribution in [0, 0.1) is 35.7 Å². The Kier molecular flexibility index (Phi) is 5.41. The number of anilines is 1. The number of urea groups is 1. The first-order chi connectivity index (χ1) is 15.6. The van der Waals surface area contributed by atoms with Crippen LogP contribution in [-0.2, 0) is 0 Å². The predicted molar refractivity (Wildman–Crippen MR) is 118 cm³/mol. The molecule has 2 aliphatic rings. The van der Waals surface area contributed by atoms with Crippen LogP contribution in [0.5, 0.6) is 0 Å². The van der Waals surface area contributed by atoms with Gasteiger partial charge in [0.05, 0.1) is 24.2 Å². The van der Waals surface area contributed by atoms with Crippen molar-refractivity contribution in [1.29, 1.82) is 5.26 Å². The second-order valence-corrected chi connectivity index (χ2v) is 7.82. The van der Waals surface area contributed by atoms with E-state index in [0.717, 1.165) is 12.1 Å². The molecule has 2 amide bonds. The van der Waals surface area contributed by atoms with Gasteiger partial charge in [-0.15, -0.1) is 0 Å². The van der Waals surface area contributed by atoms with Gasteiger partial charge in [0, 0.05) is 23.9 Å². The molecule has 2 aromatic rings. The maximum atomic E-state index is 14.4. The first-order valence-corrected chi connectivity index (χ1v) is 9.94. The summed E-state index contributed by atoms with van der Waals surface area (Å²) in [6.45, 7) is 6.93. The van der Waals surface area contributed by atoms with E-state index in [4.69, 9.17) is 0 Å². The minimum atomic E-state index is -1.04. The Hall–Kier alpha value is -4.13. The van der Waals surface area contributed by atoms with Crippen molar-refractivity contribution in [3.05, 3.63) is 70.5 Å². The molecule has 0 radical (unpaired) electrons. The first-order valence-electron chi connectivity index (χ1n) is 9.94. The molecule has 0 fully saturated rings. The van der Waals surface area contributed by atoms with Gasteiger partial charge in [-0.1, -0.05) is 6.58 Å². The van der Waals surface area contributed by atoms with Gasteiger partial charge in [0.2, 0.25) is 11.9 Å². The largest absolute Gasteiger partial charge is 0.353 e. The Balaban J connectivity index is 1.80. The van der Waals surface area contributed by atoms with E-state index >= 15 is 0 Å². The summed E-state index contributed by atoms with van der Waals surface area (Å²) in [7, 11) is 1.49. The van der Waals surface area contributed by atoms with Gasteiger partial charge in [-0.3, -0.25) is 9.80 Å². The molecule has 1 N–H and O–H groups in total. The number of guanidine groups is 2. The van der Waals surface area contributed by atoms with E-state index in [1.807, 2.05) is 6.07 Å². The molecule has 0 aliphatic carbocycles. The lowest BCUT2D eigenvalue weighted by atomic mass is 9.99. The molecule has 2 aromatic carbocycles. The molecule has 1 atom stereocenters. The van der Waals surface area contributed by atoms with Crippen LogP contribution in [0.1, 0.15) is 35.2 Å². The fraction of sp³-hybridized carbons (Fsp3) is 0.217. The van der Waals surface area contributed by atoms with Crippen molar-refractivity contribution in [3.8, 4) is 6.07 Å². The molecular formula is C23H19F3N6O. The number of hydrogen-bond acceptors (Lipinski definition) is 5. The normalized spacial score (nSPS) is 17.4. The maximum absolute atomic E-state index is 14.4. The first kappa shape index (κ1) is 22.1. The maximum Gasteiger partial charge on any atom is 0.353 e. The zero-order valence-electron chi connectivity index (χ0n) is 18.1. The summed E-state index contributed by atoms with van der Waals surface area (Å²) in [5.74, 6) is -2.36. The van der Waals surface area contributed by atoms with Gasteiger partial charge in [0.25, 0.3) is 0 Å². The van der Waals surface area contributed by atoms with Crippen LogP contribution in [-0.4, -0.2) is 41.3 Å². The van der Waals surface area contributed by atoms with Gasteiger partial charge in [-0.05, 0) is 49.2 Å². The van der Waals surface area contributed by atoms with E-state index < -0.39 is 29.5 Å². The summed E-state index contributed by atoms with van der Waals surface area (Å²) >= 11 is 0. The molecule has 168 valence electrons.